The Hall–Kier alpha value is -1.09. The zero-order valence-corrected chi connectivity index (χ0v) is 10.5. The molecule has 0 aromatic heterocycles. The van der Waals surface area contributed by atoms with Gasteiger partial charge in [0.25, 0.3) is 5.69 Å². The van der Waals surface area contributed by atoms with Crippen LogP contribution in [-0.2, 0) is 0 Å². The quantitative estimate of drug-likeness (QED) is 0.579. The standard InChI is InChI=1S/C12H16ClNO2/c1-8(2)6-9(3)11-7-10(13)4-5-12(11)14(15)16/h4-5,7-9H,6H2,1-3H3. The van der Waals surface area contributed by atoms with Crippen molar-refractivity contribution in [1.82, 2.24) is 0 Å². The molecule has 1 unspecified atom stereocenters. The maximum absolute atomic E-state index is 10.9. The van der Waals surface area contributed by atoms with E-state index in [1.807, 2.05) is 6.92 Å². The third kappa shape index (κ3) is 3.20. The van der Waals surface area contributed by atoms with E-state index in [2.05, 4.69) is 13.8 Å². The maximum atomic E-state index is 10.9. The number of benzene rings is 1. The molecule has 3 nitrogen and oxygen atoms in total. The lowest BCUT2D eigenvalue weighted by molar-refractivity contribution is -0.385. The first-order valence-corrected chi connectivity index (χ1v) is 5.73. The summed E-state index contributed by atoms with van der Waals surface area (Å²) in [7, 11) is 0. The van der Waals surface area contributed by atoms with E-state index in [-0.39, 0.29) is 16.5 Å². The molecule has 0 amide bonds. The van der Waals surface area contributed by atoms with E-state index >= 15 is 0 Å². The molecule has 4 heteroatoms. The second kappa shape index (κ2) is 5.30. The van der Waals surface area contributed by atoms with Crippen LogP contribution in [0, 0.1) is 16.0 Å². The van der Waals surface area contributed by atoms with Crippen molar-refractivity contribution in [2.45, 2.75) is 33.1 Å². The first-order chi connectivity index (χ1) is 7.41. The molecule has 0 saturated carbocycles. The molecule has 0 radical (unpaired) electrons. The van der Waals surface area contributed by atoms with Crippen LogP contribution in [0.5, 0.6) is 0 Å². The first kappa shape index (κ1) is 13.0. The summed E-state index contributed by atoms with van der Waals surface area (Å²) >= 11 is 5.88. The number of rotatable bonds is 4. The van der Waals surface area contributed by atoms with Crippen LogP contribution in [0.1, 0.15) is 38.7 Å². The molecule has 0 aliphatic carbocycles. The van der Waals surface area contributed by atoms with Gasteiger partial charge in [0.15, 0.2) is 0 Å². The van der Waals surface area contributed by atoms with E-state index in [0.29, 0.717) is 10.9 Å². The number of nitro groups is 1. The van der Waals surface area contributed by atoms with Gasteiger partial charge in [-0.3, -0.25) is 10.1 Å². The zero-order valence-electron chi connectivity index (χ0n) is 9.74. The summed E-state index contributed by atoms with van der Waals surface area (Å²) in [5.74, 6) is 0.660. The van der Waals surface area contributed by atoms with Crippen molar-refractivity contribution in [2.75, 3.05) is 0 Å². The number of nitro benzene ring substituents is 1. The van der Waals surface area contributed by atoms with Crippen LogP contribution in [0.3, 0.4) is 0 Å². The fourth-order valence-electron chi connectivity index (χ4n) is 1.92. The molecule has 0 bridgehead atoms. The summed E-state index contributed by atoms with van der Waals surface area (Å²) < 4.78 is 0. The molecular weight excluding hydrogens is 226 g/mol. The largest absolute Gasteiger partial charge is 0.272 e. The number of halogens is 1. The lowest BCUT2D eigenvalue weighted by atomic mass is 9.91. The Balaban J connectivity index is 3.09. The highest BCUT2D eigenvalue weighted by atomic mass is 35.5. The third-order valence-corrected chi connectivity index (χ3v) is 2.78. The van der Waals surface area contributed by atoms with Gasteiger partial charge in [0.1, 0.15) is 0 Å². The Labute approximate surface area is 101 Å². The molecular formula is C12H16ClNO2. The summed E-state index contributed by atoms with van der Waals surface area (Å²) in [6.45, 7) is 6.21. The van der Waals surface area contributed by atoms with Gasteiger partial charge in [0.2, 0.25) is 0 Å². The SMILES string of the molecule is CC(C)CC(C)c1cc(Cl)ccc1[N+](=O)[O-]. The molecule has 0 saturated heterocycles. The maximum Gasteiger partial charge on any atom is 0.272 e. The molecule has 0 N–H and O–H groups in total. The minimum absolute atomic E-state index is 0.152. The molecule has 1 atom stereocenters. The highest BCUT2D eigenvalue weighted by Gasteiger charge is 2.19. The van der Waals surface area contributed by atoms with Crippen molar-refractivity contribution in [1.29, 1.82) is 0 Å². The Morgan fingerprint density at radius 2 is 2.00 bits per heavy atom. The van der Waals surface area contributed by atoms with Crippen molar-refractivity contribution in [3.8, 4) is 0 Å². The number of hydrogen-bond donors (Lipinski definition) is 0. The smallest absolute Gasteiger partial charge is 0.258 e. The van der Waals surface area contributed by atoms with Crippen molar-refractivity contribution < 1.29 is 4.92 Å². The average molecular weight is 242 g/mol. The normalized spacial score (nSPS) is 12.8. The summed E-state index contributed by atoms with van der Waals surface area (Å²) in [4.78, 5) is 10.5. The van der Waals surface area contributed by atoms with Crippen LogP contribution >= 0.6 is 11.6 Å². The third-order valence-electron chi connectivity index (χ3n) is 2.54. The van der Waals surface area contributed by atoms with E-state index < -0.39 is 0 Å². The summed E-state index contributed by atoms with van der Waals surface area (Å²) in [6.07, 6.45) is 0.918. The summed E-state index contributed by atoms with van der Waals surface area (Å²) in [5.41, 5.74) is 0.892. The lowest BCUT2D eigenvalue weighted by Gasteiger charge is -2.14. The molecule has 1 aromatic carbocycles. The molecule has 0 fully saturated rings. The first-order valence-electron chi connectivity index (χ1n) is 5.35. The van der Waals surface area contributed by atoms with Crippen LogP contribution in [0.4, 0.5) is 5.69 Å². The lowest BCUT2D eigenvalue weighted by Crippen LogP contribution is -2.03. The Morgan fingerprint density at radius 1 is 1.38 bits per heavy atom. The average Bonchev–Trinajstić information content (AvgIpc) is 2.15. The Bertz CT molecular complexity index is 391. The van der Waals surface area contributed by atoms with Crippen LogP contribution < -0.4 is 0 Å². The van der Waals surface area contributed by atoms with Crippen LogP contribution in [0.25, 0.3) is 0 Å². The van der Waals surface area contributed by atoms with Gasteiger partial charge in [-0.2, -0.15) is 0 Å². The van der Waals surface area contributed by atoms with Crippen LogP contribution in [0.2, 0.25) is 5.02 Å². The molecule has 1 rings (SSSR count). The van der Waals surface area contributed by atoms with Crippen molar-refractivity contribution in [3.05, 3.63) is 38.9 Å². The van der Waals surface area contributed by atoms with Crippen molar-refractivity contribution in [3.63, 3.8) is 0 Å². The van der Waals surface area contributed by atoms with Crippen LogP contribution in [0.15, 0.2) is 18.2 Å². The second-order valence-electron chi connectivity index (χ2n) is 4.49. The molecule has 0 spiro atoms. The van der Waals surface area contributed by atoms with Crippen LogP contribution in [-0.4, -0.2) is 4.92 Å². The van der Waals surface area contributed by atoms with Gasteiger partial charge >= 0.3 is 0 Å². The molecule has 0 aliphatic heterocycles. The number of nitrogens with zero attached hydrogens (tertiary/aromatic N) is 1. The second-order valence-corrected chi connectivity index (χ2v) is 4.93. The van der Waals surface area contributed by atoms with Gasteiger partial charge in [0.05, 0.1) is 4.92 Å². The predicted octanol–water partition coefficient (Wildman–Crippen LogP) is 4.40. The topological polar surface area (TPSA) is 43.1 Å². The Kier molecular flexibility index (Phi) is 4.30. The highest BCUT2D eigenvalue weighted by molar-refractivity contribution is 6.30. The molecule has 1 aromatic rings. The molecule has 16 heavy (non-hydrogen) atoms. The minimum Gasteiger partial charge on any atom is -0.258 e. The monoisotopic (exact) mass is 241 g/mol. The zero-order chi connectivity index (χ0) is 12.3. The van der Waals surface area contributed by atoms with E-state index in [0.717, 1.165) is 12.0 Å². The van der Waals surface area contributed by atoms with Crippen molar-refractivity contribution in [2.24, 2.45) is 5.92 Å². The van der Waals surface area contributed by atoms with Gasteiger partial charge in [0, 0.05) is 16.7 Å². The number of hydrogen-bond acceptors (Lipinski definition) is 2. The highest BCUT2D eigenvalue weighted by Crippen LogP contribution is 2.32. The van der Waals surface area contributed by atoms with Gasteiger partial charge in [-0.25, -0.2) is 0 Å². The molecule has 0 heterocycles. The predicted molar refractivity (Wildman–Crippen MR) is 66.0 cm³/mol. The molecule has 0 aliphatic rings. The fourth-order valence-corrected chi connectivity index (χ4v) is 2.10. The van der Waals surface area contributed by atoms with Crippen molar-refractivity contribution >= 4 is 17.3 Å². The fraction of sp³-hybridized carbons (Fsp3) is 0.500. The van der Waals surface area contributed by atoms with Gasteiger partial charge in [-0.1, -0.05) is 32.4 Å². The van der Waals surface area contributed by atoms with E-state index in [4.69, 9.17) is 11.6 Å². The summed E-state index contributed by atoms with van der Waals surface area (Å²) in [5, 5.41) is 11.4. The van der Waals surface area contributed by atoms with Gasteiger partial charge in [-0.15, -0.1) is 0 Å². The van der Waals surface area contributed by atoms with Gasteiger partial charge in [-0.05, 0) is 30.4 Å². The van der Waals surface area contributed by atoms with E-state index in [1.54, 1.807) is 12.1 Å². The van der Waals surface area contributed by atoms with E-state index in [9.17, 15) is 10.1 Å². The summed E-state index contributed by atoms with van der Waals surface area (Å²) in [6, 6.07) is 4.74. The van der Waals surface area contributed by atoms with Gasteiger partial charge < -0.3 is 0 Å². The van der Waals surface area contributed by atoms with E-state index in [1.165, 1.54) is 6.07 Å². The molecule has 88 valence electrons. The Morgan fingerprint density at radius 3 is 2.50 bits per heavy atom. The minimum atomic E-state index is -0.345.